The molecule has 0 aliphatic carbocycles. The van der Waals surface area contributed by atoms with Crippen LogP contribution in [0.4, 0.5) is 5.69 Å². The molecule has 3 rings (SSSR count). The molecule has 0 unspecified atom stereocenters. The van der Waals surface area contributed by atoms with Gasteiger partial charge in [-0.25, -0.2) is 0 Å². The summed E-state index contributed by atoms with van der Waals surface area (Å²) in [6, 6.07) is 11.7. The Kier molecular flexibility index (Phi) is 4.85. The van der Waals surface area contributed by atoms with E-state index in [4.69, 9.17) is 20.9 Å². The highest BCUT2D eigenvalue weighted by atomic mass is 35.5. The second-order valence-corrected chi connectivity index (χ2v) is 5.54. The monoisotopic (exact) mass is 373 g/mol. The van der Waals surface area contributed by atoms with Crippen molar-refractivity contribution in [2.24, 2.45) is 0 Å². The van der Waals surface area contributed by atoms with Crippen LogP contribution in [0.25, 0.3) is 22.5 Å². The van der Waals surface area contributed by atoms with E-state index in [1.165, 1.54) is 19.3 Å². The van der Waals surface area contributed by atoms with Crippen LogP contribution in [0.5, 0.6) is 11.5 Å². The molecule has 3 aromatic rings. The van der Waals surface area contributed by atoms with E-state index in [9.17, 15) is 15.2 Å². The van der Waals surface area contributed by atoms with Gasteiger partial charge in [-0.05, 0) is 17.7 Å². The van der Waals surface area contributed by atoms with Crippen molar-refractivity contribution in [3.63, 3.8) is 0 Å². The molecule has 1 N–H and O–H groups in total. The number of ether oxygens (including phenoxy) is 1. The van der Waals surface area contributed by atoms with Gasteiger partial charge in [0.2, 0.25) is 11.6 Å². The summed E-state index contributed by atoms with van der Waals surface area (Å²) in [5.74, 6) is -0.193. The second-order valence-electron chi connectivity index (χ2n) is 5.13. The fourth-order valence-corrected chi connectivity index (χ4v) is 2.43. The molecular weight excluding hydrogens is 362 g/mol. The maximum absolute atomic E-state index is 11.1. The zero-order valence-corrected chi connectivity index (χ0v) is 14.2. The summed E-state index contributed by atoms with van der Waals surface area (Å²) in [7, 11) is 1.29. The van der Waals surface area contributed by atoms with Crippen molar-refractivity contribution in [2.45, 2.75) is 0 Å². The van der Waals surface area contributed by atoms with E-state index < -0.39 is 16.4 Å². The molecule has 0 fully saturated rings. The molecular formula is C17H12ClN3O5. The Labute approximate surface area is 152 Å². The summed E-state index contributed by atoms with van der Waals surface area (Å²) >= 11 is 6.20. The number of hydrogen-bond acceptors (Lipinski definition) is 7. The first-order valence-corrected chi connectivity index (χ1v) is 7.69. The minimum absolute atomic E-state index is 0.0505. The minimum atomic E-state index is -0.719. The van der Waals surface area contributed by atoms with Crippen molar-refractivity contribution < 1.29 is 19.3 Å². The number of rotatable bonds is 5. The van der Waals surface area contributed by atoms with Crippen LogP contribution in [0.15, 0.2) is 47.0 Å². The third kappa shape index (κ3) is 3.50. The van der Waals surface area contributed by atoms with Crippen molar-refractivity contribution in [2.75, 3.05) is 7.11 Å². The Hall–Kier alpha value is -3.39. The van der Waals surface area contributed by atoms with E-state index in [2.05, 4.69) is 10.1 Å². The molecule has 1 heterocycles. The number of halogens is 1. The highest BCUT2D eigenvalue weighted by Gasteiger charge is 2.20. The Morgan fingerprint density at radius 1 is 1.35 bits per heavy atom. The Morgan fingerprint density at radius 3 is 2.73 bits per heavy atom. The fraction of sp³-hybridized carbons (Fsp3) is 0.0588. The first-order valence-electron chi connectivity index (χ1n) is 7.31. The number of hydrogen-bond donors (Lipinski definition) is 1. The van der Waals surface area contributed by atoms with Crippen molar-refractivity contribution in [3.05, 3.63) is 64.0 Å². The van der Waals surface area contributed by atoms with Gasteiger partial charge in [-0.3, -0.25) is 10.1 Å². The van der Waals surface area contributed by atoms with Gasteiger partial charge in [-0.15, -0.1) is 0 Å². The summed E-state index contributed by atoms with van der Waals surface area (Å²) in [5.41, 5.74) is 0.584. The molecule has 8 nitrogen and oxygen atoms in total. The topological polar surface area (TPSA) is 112 Å². The summed E-state index contributed by atoms with van der Waals surface area (Å²) in [5, 5.41) is 24.8. The van der Waals surface area contributed by atoms with Gasteiger partial charge in [-0.1, -0.05) is 47.1 Å². The molecule has 0 atom stereocenters. The predicted molar refractivity (Wildman–Crippen MR) is 94.8 cm³/mol. The maximum Gasteiger partial charge on any atom is 0.315 e. The molecule has 9 heteroatoms. The molecule has 26 heavy (non-hydrogen) atoms. The molecule has 0 spiro atoms. The lowest BCUT2D eigenvalue weighted by molar-refractivity contribution is -0.386. The van der Waals surface area contributed by atoms with Crippen molar-refractivity contribution in [1.29, 1.82) is 0 Å². The number of nitro benzene ring substituents is 1. The third-order valence-corrected chi connectivity index (χ3v) is 3.72. The lowest BCUT2D eigenvalue weighted by atomic mass is 10.1. The van der Waals surface area contributed by atoms with Gasteiger partial charge in [0, 0.05) is 11.6 Å². The Morgan fingerprint density at radius 2 is 2.08 bits per heavy atom. The number of methoxy groups -OCH3 is 1. The molecule has 1 aromatic heterocycles. The largest absolute Gasteiger partial charge is 0.500 e. The number of aromatic nitrogens is 2. The van der Waals surface area contributed by atoms with Gasteiger partial charge >= 0.3 is 5.69 Å². The SMILES string of the molecule is COc1cc(/C=C(\Cl)c2nc(-c3ccccc3)no2)cc([N+](=O)[O-])c1O. The van der Waals surface area contributed by atoms with E-state index in [1.54, 1.807) is 0 Å². The van der Waals surface area contributed by atoms with Gasteiger partial charge in [0.15, 0.2) is 5.75 Å². The number of benzene rings is 2. The average Bonchev–Trinajstić information content (AvgIpc) is 3.14. The predicted octanol–water partition coefficient (Wildman–Crippen LogP) is 4.10. The van der Waals surface area contributed by atoms with Crippen molar-refractivity contribution in [1.82, 2.24) is 10.1 Å². The van der Waals surface area contributed by atoms with Gasteiger partial charge in [0.25, 0.3) is 5.89 Å². The molecule has 0 aliphatic heterocycles. The molecule has 0 saturated heterocycles. The quantitative estimate of drug-likeness (QED) is 0.529. The van der Waals surface area contributed by atoms with Crippen LogP contribution in [0.3, 0.4) is 0 Å². The standard InChI is InChI=1S/C17H12ClN3O5/c1-25-14-9-10(8-13(15(14)22)21(23)24)7-12(18)17-19-16(20-26-17)11-5-3-2-4-6-11/h2-9,22H,1H3/b12-7-. The van der Waals surface area contributed by atoms with Crippen LogP contribution < -0.4 is 4.74 Å². The van der Waals surface area contributed by atoms with Crippen molar-refractivity contribution in [3.8, 4) is 22.9 Å². The lowest BCUT2D eigenvalue weighted by Crippen LogP contribution is -1.93. The normalized spacial score (nSPS) is 11.4. The Balaban J connectivity index is 1.97. The van der Waals surface area contributed by atoms with Gasteiger partial charge in [0.05, 0.1) is 12.0 Å². The van der Waals surface area contributed by atoms with E-state index in [-0.39, 0.29) is 16.7 Å². The highest BCUT2D eigenvalue weighted by Crippen LogP contribution is 2.38. The summed E-state index contributed by atoms with van der Waals surface area (Å²) in [6.45, 7) is 0. The van der Waals surface area contributed by atoms with E-state index in [1.807, 2.05) is 30.3 Å². The third-order valence-electron chi connectivity index (χ3n) is 3.45. The van der Waals surface area contributed by atoms with E-state index >= 15 is 0 Å². The smallest absolute Gasteiger partial charge is 0.315 e. The van der Waals surface area contributed by atoms with Gasteiger partial charge in [0.1, 0.15) is 5.03 Å². The molecule has 0 bridgehead atoms. The van der Waals surface area contributed by atoms with Crippen molar-refractivity contribution >= 4 is 28.4 Å². The molecule has 0 amide bonds. The van der Waals surface area contributed by atoms with Gasteiger partial charge < -0.3 is 14.4 Å². The van der Waals surface area contributed by atoms with Crippen LogP contribution in [-0.4, -0.2) is 27.3 Å². The van der Waals surface area contributed by atoms with Gasteiger partial charge in [-0.2, -0.15) is 4.98 Å². The minimum Gasteiger partial charge on any atom is -0.500 e. The molecule has 2 aromatic carbocycles. The van der Waals surface area contributed by atoms with Crippen LogP contribution in [0.2, 0.25) is 0 Å². The number of phenolic OH excluding ortho intramolecular Hbond substituents is 1. The molecule has 132 valence electrons. The summed E-state index contributed by atoms with van der Waals surface area (Å²) in [4.78, 5) is 14.5. The number of phenols is 1. The Bertz CT molecular complexity index is 985. The fourth-order valence-electron chi connectivity index (χ4n) is 2.22. The highest BCUT2D eigenvalue weighted by molar-refractivity contribution is 6.50. The molecule has 0 aliphatic rings. The van der Waals surface area contributed by atoms with Crippen LogP contribution in [0, 0.1) is 10.1 Å². The summed E-state index contributed by atoms with van der Waals surface area (Å²) in [6.07, 6.45) is 1.40. The zero-order chi connectivity index (χ0) is 18.7. The maximum atomic E-state index is 11.1. The number of nitro groups is 1. The molecule has 0 saturated carbocycles. The van der Waals surface area contributed by atoms with Crippen LogP contribution in [0.1, 0.15) is 11.5 Å². The molecule has 0 radical (unpaired) electrons. The number of nitrogens with zero attached hydrogens (tertiary/aromatic N) is 3. The first kappa shape index (κ1) is 17.4. The second kappa shape index (κ2) is 7.24. The zero-order valence-electron chi connectivity index (χ0n) is 13.4. The van der Waals surface area contributed by atoms with E-state index in [0.717, 1.165) is 11.6 Å². The summed E-state index contributed by atoms with van der Waals surface area (Å²) < 4.78 is 10.1. The first-order chi connectivity index (χ1) is 12.5. The number of aromatic hydroxyl groups is 1. The van der Waals surface area contributed by atoms with Crippen LogP contribution in [-0.2, 0) is 0 Å². The average molecular weight is 374 g/mol. The van der Waals surface area contributed by atoms with E-state index in [0.29, 0.717) is 11.4 Å². The van der Waals surface area contributed by atoms with Crippen LogP contribution >= 0.6 is 11.6 Å². The lowest BCUT2D eigenvalue weighted by Gasteiger charge is -2.05.